The third-order valence-electron chi connectivity index (χ3n) is 4.97. The van der Waals surface area contributed by atoms with Gasteiger partial charge in [0, 0.05) is 51.9 Å². The average Bonchev–Trinajstić information content (AvgIpc) is 2.69. The molecule has 1 amide bonds. The molecule has 1 atom stereocenters. The highest BCUT2D eigenvalue weighted by Gasteiger charge is 2.41. The smallest absolute Gasteiger partial charge is 0.354 e. The first-order valence-electron chi connectivity index (χ1n) is 9.44. The lowest BCUT2D eigenvalue weighted by atomic mass is 10.1. The number of halogens is 4. The number of alkyl halides is 3. The number of piperazine rings is 1. The molecule has 1 heterocycles. The van der Waals surface area contributed by atoms with Crippen molar-refractivity contribution in [2.24, 2.45) is 4.99 Å². The van der Waals surface area contributed by atoms with E-state index in [9.17, 15) is 22.4 Å². The average molecular weight is 417 g/mol. The van der Waals surface area contributed by atoms with Crippen LogP contribution in [0.3, 0.4) is 0 Å². The number of amides is 1. The lowest BCUT2D eigenvalue weighted by Gasteiger charge is -2.39. The van der Waals surface area contributed by atoms with Gasteiger partial charge in [0.2, 0.25) is 0 Å². The van der Waals surface area contributed by atoms with Crippen LogP contribution in [0.2, 0.25) is 0 Å². The first-order chi connectivity index (χ1) is 13.6. The molecule has 0 aromatic heterocycles. The van der Waals surface area contributed by atoms with Crippen molar-refractivity contribution in [1.82, 2.24) is 20.4 Å². The van der Waals surface area contributed by atoms with E-state index in [1.54, 1.807) is 26.1 Å². The number of aliphatic imine (C=N–C) groups is 1. The summed E-state index contributed by atoms with van der Waals surface area (Å²) in [5.41, 5.74) is 0.712. The monoisotopic (exact) mass is 417 g/mol. The molecule has 2 rings (SSSR count). The number of aryl methyl sites for hydroxylation is 1. The lowest BCUT2D eigenvalue weighted by molar-refractivity contribution is -0.181. The molecule has 0 radical (unpaired) electrons. The summed E-state index contributed by atoms with van der Waals surface area (Å²) in [6, 6.07) is 2.82. The highest BCUT2D eigenvalue weighted by atomic mass is 19.4. The molecule has 1 unspecified atom stereocenters. The second kappa shape index (κ2) is 9.91. The van der Waals surface area contributed by atoms with Gasteiger partial charge in [-0.2, -0.15) is 13.2 Å². The van der Waals surface area contributed by atoms with Crippen molar-refractivity contribution >= 4 is 11.9 Å². The van der Waals surface area contributed by atoms with Gasteiger partial charge in [-0.25, -0.2) is 4.39 Å². The summed E-state index contributed by atoms with van der Waals surface area (Å²) in [4.78, 5) is 19.5. The Morgan fingerprint density at radius 3 is 2.34 bits per heavy atom. The second-order valence-corrected chi connectivity index (χ2v) is 6.93. The van der Waals surface area contributed by atoms with E-state index in [0.29, 0.717) is 37.7 Å². The van der Waals surface area contributed by atoms with Crippen molar-refractivity contribution in [2.45, 2.75) is 26.1 Å². The standard InChI is InChI=1S/C19H27F4N5O/c1-13-4-5-15(12-16(13)20)17(29)25-6-7-26-18(24-3)28-10-8-27(9-11-28)14(2)19(21,22)23/h4-5,12,14H,6-11H2,1-3H3,(H,24,26)(H,25,29). The van der Waals surface area contributed by atoms with Crippen molar-refractivity contribution in [3.63, 3.8) is 0 Å². The second-order valence-electron chi connectivity index (χ2n) is 6.93. The number of rotatable bonds is 5. The van der Waals surface area contributed by atoms with Crippen molar-refractivity contribution in [2.75, 3.05) is 46.3 Å². The largest absolute Gasteiger partial charge is 0.403 e. The number of nitrogens with zero attached hydrogens (tertiary/aromatic N) is 3. The van der Waals surface area contributed by atoms with Crippen LogP contribution in [0.4, 0.5) is 17.6 Å². The Kier molecular flexibility index (Phi) is 7.83. The fourth-order valence-electron chi connectivity index (χ4n) is 3.05. The zero-order valence-electron chi connectivity index (χ0n) is 16.8. The van der Waals surface area contributed by atoms with Gasteiger partial charge in [0.25, 0.3) is 5.91 Å². The number of hydrogen-bond donors (Lipinski definition) is 2. The Bertz CT molecular complexity index is 730. The Morgan fingerprint density at radius 2 is 1.79 bits per heavy atom. The van der Waals surface area contributed by atoms with Gasteiger partial charge in [-0.15, -0.1) is 0 Å². The van der Waals surface area contributed by atoms with Crippen LogP contribution < -0.4 is 10.6 Å². The summed E-state index contributed by atoms with van der Waals surface area (Å²) in [6.07, 6.45) is -4.24. The van der Waals surface area contributed by atoms with Gasteiger partial charge >= 0.3 is 6.18 Å². The molecule has 2 N–H and O–H groups in total. The van der Waals surface area contributed by atoms with Crippen LogP contribution in [0, 0.1) is 12.7 Å². The maximum absolute atomic E-state index is 13.5. The number of benzene rings is 1. The molecular weight excluding hydrogens is 390 g/mol. The first-order valence-corrected chi connectivity index (χ1v) is 9.44. The summed E-state index contributed by atoms with van der Waals surface area (Å²) >= 11 is 0. The van der Waals surface area contributed by atoms with E-state index < -0.39 is 18.0 Å². The Hall–Kier alpha value is -2.36. The molecule has 6 nitrogen and oxygen atoms in total. The summed E-state index contributed by atoms with van der Waals surface area (Å²) in [5, 5.41) is 5.78. The fourth-order valence-corrected chi connectivity index (χ4v) is 3.05. The molecule has 1 aliphatic rings. The van der Waals surface area contributed by atoms with Crippen LogP contribution in [-0.4, -0.2) is 80.2 Å². The molecular formula is C19H27F4N5O. The van der Waals surface area contributed by atoms with Gasteiger partial charge in [-0.05, 0) is 31.5 Å². The maximum atomic E-state index is 13.5. The molecule has 0 spiro atoms. The zero-order chi connectivity index (χ0) is 21.6. The van der Waals surface area contributed by atoms with Crippen LogP contribution in [0.15, 0.2) is 23.2 Å². The third kappa shape index (κ3) is 6.31. The quantitative estimate of drug-likeness (QED) is 0.333. The SMILES string of the molecule is CN=C(NCCNC(=O)c1ccc(C)c(F)c1)N1CCN(C(C)C(F)(F)F)CC1. The topological polar surface area (TPSA) is 60.0 Å². The van der Waals surface area contributed by atoms with Crippen LogP contribution >= 0.6 is 0 Å². The molecule has 1 aromatic carbocycles. The minimum Gasteiger partial charge on any atom is -0.354 e. The number of carbonyl (C=O) groups excluding carboxylic acids is 1. The predicted molar refractivity (Wildman–Crippen MR) is 103 cm³/mol. The summed E-state index contributed by atoms with van der Waals surface area (Å²) in [5.74, 6) is -0.245. The highest BCUT2D eigenvalue weighted by Crippen LogP contribution is 2.25. The molecule has 0 aliphatic carbocycles. The fraction of sp³-hybridized carbons (Fsp3) is 0.579. The molecule has 10 heteroatoms. The van der Waals surface area contributed by atoms with E-state index in [0.717, 1.165) is 0 Å². The van der Waals surface area contributed by atoms with Gasteiger partial charge in [-0.1, -0.05) is 6.07 Å². The van der Waals surface area contributed by atoms with E-state index in [-0.39, 0.29) is 24.6 Å². The minimum absolute atomic E-state index is 0.243. The maximum Gasteiger partial charge on any atom is 0.403 e. The number of carbonyl (C=O) groups is 1. The van der Waals surface area contributed by atoms with Gasteiger partial charge in [0.05, 0.1) is 0 Å². The van der Waals surface area contributed by atoms with Crippen LogP contribution in [0.1, 0.15) is 22.8 Å². The molecule has 1 fully saturated rings. The predicted octanol–water partition coefficient (Wildman–Crippen LogP) is 2.01. The van der Waals surface area contributed by atoms with Crippen molar-refractivity contribution < 1.29 is 22.4 Å². The molecule has 0 bridgehead atoms. The summed E-state index contributed by atoms with van der Waals surface area (Å²) in [7, 11) is 1.60. The van der Waals surface area contributed by atoms with E-state index in [1.807, 2.05) is 4.90 Å². The summed E-state index contributed by atoms with van der Waals surface area (Å²) < 4.78 is 52.1. The van der Waals surface area contributed by atoms with Crippen LogP contribution in [-0.2, 0) is 0 Å². The molecule has 1 aliphatic heterocycles. The number of nitrogens with one attached hydrogen (secondary N) is 2. The van der Waals surface area contributed by atoms with Gasteiger partial charge in [0.15, 0.2) is 5.96 Å². The molecule has 29 heavy (non-hydrogen) atoms. The Balaban J connectivity index is 1.75. The normalized spacial score (nSPS) is 17.2. The Morgan fingerprint density at radius 1 is 1.17 bits per heavy atom. The van der Waals surface area contributed by atoms with Gasteiger partial charge in [-0.3, -0.25) is 14.7 Å². The number of guanidine groups is 1. The van der Waals surface area contributed by atoms with E-state index in [4.69, 9.17) is 0 Å². The van der Waals surface area contributed by atoms with Gasteiger partial charge < -0.3 is 15.5 Å². The summed E-state index contributed by atoms with van der Waals surface area (Å²) in [6.45, 7) is 4.89. The third-order valence-corrected chi connectivity index (χ3v) is 4.97. The molecule has 1 saturated heterocycles. The highest BCUT2D eigenvalue weighted by molar-refractivity contribution is 5.94. The first kappa shape index (κ1) is 22.9. The zero-order valence-corrected chi connectivity index (χ0v) is 16.8. The van der Waals surface area contributed by atoms with Crippen molar-refractivity contribution in [3.05, 3.63) is 35.1 Å². The van der Waals surface area contributed by atoms with Crippen molar-refractivity contribution in [3.8, 4) is 0 Å². The van der Waals surface area contributed by atoms with Crippen molar-refractivity contribution in [1.29, 1.82) is 0 Å². The molecule has 1 aromatic rings. The van der Waals surface area contributed by atoms with E-state index >= 15 is 0 Å². The van der Waals surface area contributed by atoms with E-state index in [2.05, 4.69) is 15.6 Å². The number of hydrogen-bond acceptors (Lipinski definition) is 3. The molecule has 162 valence electrons. The minimum atomic E-state index is -4.24. The molecule has 0 saturated carbocycles. The van der Waals surface area contributed by atoms with Crippen LogP contribution in [0.5, 0.6) is 0 Å². The Labute approximate surface area is 168 Å². The van der Waals surface area contributed by atoms with Crippen LogP contribution in [0.25, 0.3) is 0 Å². The van der Waals surface area contributed by atoms with Gasteiger partial charge in [0.1, 0.15) is 11.9 Å². The van der Waals surface area contributed by atoms with E-state index in [1.165, 1.54) is 17.9 Å². The lowest BCUT2D eigenvalue weighted by Crippen LogP contribution is -2.57.